The zero-order chi connectivity index (χ0) is 20.2. The molecule has 2 saturated heterocycles. The molecule has 2 unspecified atom stereocenters. The van der Waals surface area contributed by atoms with E-state index < -0.39 is 0 Å². The van der Waals surface area contributed by atoms with Crippen LogP contribution >= 0.6 is 0 Å². The number of nitrogens with zero attached hydrogens (tertiary/aromatic N) is 3. The van der Waals surface area contributed by atoms with Gasteiger partial charge in [0.15, 0.2) is 0 Å². The highest BCUT2D eigenvalue weighted by atomic mass is 15.3. The molecule has 4 nitrogen and oxygen atoms in total. The zero-order valence-electron chi connectivity index (χ0n) is 18.7. The lowest BCUT2D eigenvalue weighted by Gasteiger charge is -2.44. The number of para-hydroxylation sites is 2. The first-order chi connectivity index (χ1) is 14.3. The SMILES string of the molecule is CCCC(CCC)N1C2CCC1CC(n1c(CCNCC)nc3ccccc31)C2. The second-order valence-electron chi connectivity index (χ2n) is 9.18. The Bertz CT molecular complexity index is 762. The molecule has 0 spiro atoms. The van der Waals surface area contributed by atoms with E-state index in [0.29, 0.717) is 6.04 Å². The molecule has 0 saturated carbocycles. The summed E-state index contributed by atoms with van der Waals surface area (Å²) in [5, 5.41) is 3.49. The minimum absolute atomic E-state index is 0.608. The third-order valence-corrected chi connectivity index (χ3v) is 7.24. The highest BCUT2D eigenvalue weighted by Crippen LogP contribution is 2.44. The number of benzene rings is 1. The molecule has 2 bridgehead atoms. The van der Waals surface area contributed by atoms with Crippen molar-refractivity contribution in [1.29, 1.82) is 0 Å². The molecule has 1 aromatic heterocycles. The van der Waals surface area contributed by atoms with Gasteiger partial charge in [-0.1, -0.05) is 45.7 Å². The molecule has 160 valence electrons. The van der Waals surface area contributed by atoms with Gasteiger partial charge in [-0.05, 0) is 57.2 Å². The van der Waals surface area contributed by atoms with E-state index in [0.717, 1.165) is 37.6 Å². The average molecular weight is 397 g/mol. The van der Waals surface area contributed by atoms with E-state index in [2.05, 4.69) is 59.8 Å². The molecule has 4 rings (SSSR count). The first-order valence-corrected chi connectivity index (χ1v) is 12.2. The summed E-state index contributed by atoms with van der Waals surface area (Å²) in [5.74, 6) is 1.28. The van der Waals surface area contributed by atoms with Crippen molar-refractivity contribution in [1.82, 2.24) is 19.8 Å². The molecule has 1 aromatic carbocycles. The van der Waals surface area contributed by atoms with Crippen LogP contribution in [0, 0.1) is 0 Å². The maximum atomic E-state index is 5.05. The van der Waals surface area contributed by atoms with Crippen LogP contribution in [0.5, 0.6) is 0 Å². The van der Waals surface area contributed by atoms with E-state index in [1.807, 2.05) is 0 Å². The Kier molecular flexibility index (Phi) is 6.92. The largest absolute Gasteiger partial charge is 0.325 e. The monoisotopic (exact) mass is 396 g/mol. The summed E-state index contributed by atoms with van der Waals surface area (Å²) in [5.41, 5.74) is 2.51. The van der Waals surface area contributed by atoms with Gasteiger partial charge in [-0.25, -0.2) is 4.98 Å². The number of nitrogens with one attached hydrogen (secondary N) is 1. The minimum Gasteiger partial charge on any atom is -0.325 e. The second-order valence-corrected chi connectivity index (χ2v) is 9.18. The number of rotatable bonds is 10. The van der Waals surface area contributed by atoms with E-state index in [-0.39, 0.29) is 0 Å². The van der Waals surface area contributed by atoms with Crippen molar-refractivity contribution in [3.8, 4) is 0 Å². The molecule has 0 amide bonds. The first-order valence-electron chi connectivity index (χ1n) is 12.2. The molecule has 2 aliphatic heterocycles. The molecule has 2 atom stereocenters. The number of hydrogen-bond donors (Lipinski definition) is 1. The number of piperidine rings is 1. The quantitative estimate of drug-likeness (QED) is 0.551. The number of aromatic nitrogens is 2. The van der Waals surface area contributed by atoms with Gasteiger partial charge >= 0.3 is 0 Å². The number of imidazole rings is 1. The molecule has 3 heterocycles. The van der Waals surface area contributed by atoms with Gasteiger partial charge in [0.1, 0.15) is 5.82 Å². The summed E-state index contributed by atoms with van der Waals surface area (Å²) in [6.45, 7) is 8.93. The standard InChI is InChI=1S/C25H40N4/c1-4-9-19(10-5-2)28-20-13-14-21(28)18-22(17-20)29-24-12-8-7-11-23(24)27-25(29)15-16-26-6-3/h7-8,11-12,19-22,26H,4-6,9-10,13-18H2,1-3H3. The Balaban J connectivity index is 1.59. The molecule has 2 aromatic rings. The molecule has 0 radical (unpaired) electrons. The maximum absolute atomic E-state index is 5.05. The smallest absolute Gasteiger partial charge is 0.111 e. The summed E-state index contributed by atoms with van der Waals surface area (Å²) in [6, 6.07) is 11.7. The van der Waals surface area contributed by atoms with Crippen LogP contribution < -0.4 is 5.32 Å². The van der Waals surface area contributed by atoms with Gasteiger partial charge in [-0.2, -0.15) is 0 Å². The van der Waals surface area contributed by atoms with Gasteiger partial charge in [0.2, 0.25) is 0 Å². The van der Waals surface area contributed by atoms with Crippen LogP contribution in [-0.4, -0.2) is 45.7 Å². The third-order valence-electron chi connectivity index (χ3n) is 7.24. The van der Waals surface area contributed by atoms with Gasteiger partial charge in [0, 0.05) is 37.1 Å². The third kappa shape index (κ3) is 4.25. The lowest BCUT2D eigenvalue weighted by molar-refractivity contribution is 0.0534. The Labute approximate surface area is 177 Å². The van der Waals surface area contributed by atoms with Crippen molar-refractivity contribution in [3.63, 3.8) is 0 Å². The molecule has 1 N–H and O–H groups in total. The lowest BCUT2D eigenvalue weighted by atomic mass is 9.92. The Hall–Kier alpha value is -1.39. The summed E-state index contributed by atoms with van der Waals surface area (Å²) in [6.07, 6.45) is 11.8. The van der Waals surface area contributed by atoms with E-state index in [9.17, 15) is 0 Å². The number of fused-ring (bicyclic) bond motifs is 3. The van der Waals surface area contributed by atoms with Crippen LogP contribution in [0.15, 0.2) is 24.3 Å². The Morgan fingerprint density at radius 3 is 2.34 bits per heavy atom. The molecule has 2 aliphatic rings. The fourth-order valence-corrected chi connectivity index (χ4v) is 6.16. The molecule has 2 fully saturated rings. The van der Waals surface area contributed by atoms with Crippen LogP contribution in [0.1, 0.15) is 84.0 Å². The topological polar surface area (TPSA) is 33.1 Å². The number of hydrogen-bond acceptors (Lipinski definition) is 3. The molecule has 4 heteroatoms. The highest BCUT2D eigenvalue weighted by molar-refractivity contribution is 5.76. The van der Waals surface area contributed by atoms with Gasteiger partial charge in [0.05, 0.1) is 11.0 Å². The van der Waals surface area contributed by atoms with Gasteiger partial charge in [0.25, 0.3) is 0 Å². The molecule has 0 aliphatic carbocycles. The molecular weight excluding hydrogens is 356 g/mol. The summed E-state index contributed by atoms with van der Waals surface area (Å²) < 4.78 is 2.63. The van der Waals surface area contributed by atoms with Crippen molar-refractivity contribution in [2.75, 3.05) is 13.1 Å². The average Bonchev–Trinajstić information content (AvgIpc) is 3.22. The number of likely N-dealkylation sites (N-methyl/N-ethyl adjacent to an activating group) is 1. The minimum atomic E-state index is 0.608. The molecular formula is C25H40N4. The predicted molar refractivity (Wildman–Crippen MR) is 123 cm³/mol. The van der Waals surface area contributed by atoms with Crippen molar-refractivity contribution in [2.24, 2.45) is 0 Å². The molecule has 29 heavy (non-hydrogen) atoms. The fourth-order valence-electron chi connectivity index (χ4n) is 6.16. The van der Waals surface area contributed by atoms with E-state index in [4.69, 9.17) is 4.98 Å². The zero-order valence-corrected chi connectivity index (χ0v) is 18.7. The van der Waals surface area contributed by atoms with Crippen LogP contribution in [0.25, 0.3) is 11.0 Å². The normalized spacial score (nSPS) is 24.8. The first kappa shape index (κ1) is 20.9. The van der Waals surface area contributed by atoms with Crippen LogP contribution in [0.2, 0.25) is 0 Å². The lowest BCUT2D eigenvalue weighted by Crippen LogP contribution is -2.49. The predicted octanol–water partition coefficient (Wildman–Crippen LogP) is 5.33. The van der Waals surface area contributed by atoms with Crippen molar-refractivity contribution in [3.05, 3.63) is 30.1 Å². The highest BCUT2D eigenvalue weighted by Gasteiger charge is 2.44. The van der Waals surface area contributed by atoms with Crippen LogP contribution in [-0.2, 0) is 6.42 Å². The van der Waals surface area contributed by atoms with E-state index in [1.165, 1.54) is 68.2 Å². The van der Waals surface area contributed by atoms with Crippen molar-refractivity contribution < 1.29 is 0 Å². The summed E-state index contributed by atoms with van der Waals surface area (Å²) >= 11 is 0. The maximum Gasteiger partial charge on any atom is 0.111 e. The van der Waals surface area contributed by atoms with Crippen LogP contribution in [0.4, 0.5) is 0 Å². The Morgan fingerprint density at radius 2 is 1.69 bits per heavy atom. The van der Waals surface area contributed by atoms with Gasteiger partial charge in [-0.3, -0.25) is 4.90 Å². The van der Waals surface area contributed by atoms with Gasteiger partial charge < -0.3 is 9.88 Å². The van der Waals surface area contributed by atoms with E-state index in [1.54, 1.807) is 0 Å². The van der Waals surface area contributed by atoms with Crippen molar-refractivity contribution >= 4 is 11.0 Å². The second kappa shape index (κ2) is 9.61. The fraction of sp³-hybridized carbons (Fsp3) is 0.720. The Morgan fingerprint density at radius 1 is 1.00 bits per heavy atom. The van der Waals surface area contributed by atoms with Crippen molar-refractivity contribution in [2.45, 2.75) is 103 Å². The summed E-state index contributed by atoms with van der Waals surface area (Å²) in [7, 11) is 0. The van der Waals surface area contributed by atoms with Crippen LogP contribution in [0.3, 0.4) is 0 Å². The van der Waals surface area contributed by atoms with Gasteiger partial charge in [-0.15, -0.1) is 0 Å². The summed E-state index contributed by atoms with van der Waals surface area (Å²) in [4.78, 5) is 8.01. The van der Waals surface area contributed by atoms with E-state index >= 15 is 0 Å².